The first-order valence-corrected chi connectivity index (χ1v) is 14.1. The fourth-order valence-corrected chi connectivity index (χ4v) is 6.88. The van der Waals surface area contributed by atoms with Crippen molar-refractivity contribution in [3.05, 3.63) is 47.6 Å². The lowest BCUT2D eigenvalue weighted by atomic mass is 9.66. The molecule has 0 bridgehead atoms. The molecule has 194 valence electrons. The molecule has 1 aromatic carbocycles. The highest BCUT2D eigenvalue weighted by atomic mass is 19.2. The number of hydrogen-bond donors (Lipinski definition) is 0. The van der Waals surface area contributed by atoms with Gasteiger partial charge in [-0.2, -0.15) is 4.39 Å². The van der Waals surface area contributed by atoms with Crippen molar-refractivity contribution >= 4 is 5.57 Å². The van der Waals surface area contributed by atoms with Gasteiger partial charge in [0.25, 0.3) is 0 Å². The van der Waals surface area contributed by atoms with Gasteiger partial charge in [-0.25, -0.2) is 4.39 Å². The molecule has 0 radical (unpaired) electrons. The van der Waals surface area contributed by atoms with E-state index in [-0.39, 0.29) is 18.8 Å². The van der Waals surface area contributed by atoms with E-state index in [1.807, 2.05) is 0 Å². The lowest BCUT2D eigenvalue weighted by molar-refractivity contribution is 0.128. The van der Waals surface area contributed by atoms with Crippen LogP contribution in [0.2, 0.25) is 0 Å². The Labute approximate surface area is 210 Å². The molecular weight excluding hydrogens is 445 g/mol. The number of ether oxygens (including phenoxy) is 1. The van der Waals surface area contributed by atoms with Crippen molar-refractivity contribution in [2.45, 2.75) is 90.4 Å². The van der Waals surface area contributed by atoms with Crippen LogP contribution in [0.1, 0.15) is 96.0 Å². The smallest absolute Gasteiger partial charge is 0.201 e. The molecule has 35 heavy (non-hydrogen) atoms. The highest BCUT2D eigenvalue weighted by Gasteiger charge is 2.33. The maximum Gasteiger partial charge on any atom is 0.201 e. The van der Waals surface area contributed by atoms with Crippen molar-refractivity contribution in [3.8, 4) is 5.75 Å². The summed E-state index contributed by atoms with van der Waals surface area (Å²) in [5, 5.41) is 0. The summed E-state index contributed by atoms with van der Waals surface area (Å²) < 4.78 is 46.6. The molecule has 3 aliphatic rings. The summed E-state index contributed by atoms with van der Waals surface area (Å²) >= 11 is 0. The van der Waals surface area contributed by atoms with Gasteiger partial charge in [0.05, 0.1) is 13.3 Å². The predicted molar refractivity (Wildman–Crippen MR) is 138 cm³/mol. The molecule has 0 saturated heterocycles. The molecule has 4 rings (SSSR count). The molecule has 0 heterocycles. The first-order chi connectivity index (χ1) is 17.1. The SMILES string of the molecule is CC/C=C/C1CCC(C2CCC(C3CC=C(c4ccc(OCCCF)c(F)c4F)CC3)CC2)CC1. The van der Waals surface area contributed by atoms with Crippen LogP contribution in [0.3, 0.4) is 0 Å². The zero-order valence-electron chi connectivity index (χ0n) is 21.4. The van der Waals surface area contributed by atoms with E-state index in [0.717, 1.165) is 54.9 Å². The summed E-state index contributed by atoms with van der Waals surface area (Å²) in [7, 11) is 0. The topological polar surface area (TPSA) is 9.23 Å². The van der Waals surface area contributed by atoms with Gasteiger partial charge in [-0.05, 0) is 124 Å². The third-order valence-electron chi connectivity index (χ3n) is 8.99. The highest BCUT2D eigenvalue weighted by molar-refractivity contribution is 5.67. The lowest BCUT2D eigenvalue weighted by Crippen LogP contribution is -2.28. The number of allylic oxidation sites excluding steroid dienone is 4. The number of rotatable bonds is 9. The number of halogens is 3. The third-order valence-corrected chi connectivity index (χ3v) is 8.99. The maximum atomic E-state index is 14.7. The van der Waals surface area contributed by atoms with E-state index in [1.165, 1.54) is 57.4 Å². The molecule has 0 spiro atoms. The summed E-state index contributed by atoms with van der Waals surface area (Å²) in [6, 6.07) is 3.10. The molecule has 0 aliphatic heterocycles. The van der Waals surface area contributed by atoms with Crippen LogP contribution in [0, 0.1) is 41.2 Å². The van der Waals surface area contributed by atoms with Gasteiger partial charge >= 0.3 is 0 Å². The average Bonchev–Trinajstić information content (AvgIpc) is 2.91. The van der Waals surface area contributed by atoms with E-state index in [2.05, 4.69) is 25.2 Å². The first-order valence-electron chi connectivity index (χ1n) is 14.1. The standard InChI is InChI=1S/C31H43F3O/c1-2-3-5-22-6-8-23(9-7-22)24-10-12-25(13-11-24)26-14-16-27(17-15-26)28-18-19-29(31(34)30(28)33)35-21-4-20-32/h3,5,16,18-19,22-26H,2,4,6-15,17,20-21H2,1H3/b5-3+. The van der Waals surface area contributed by atoms with E-state index in [1.54, 1.807) is 6.07 Å². The second-order valence-electron chi connectivity index (χ2n) is 11.1. The van der Waals surface area contributed by atoms with E-state index in [9.17, 15) is 13.2 Å². The summed E-state index contributed by atoms with van der Waals surface area (Å²) in [4.78, 5) is 0. The molecule has 2 saturated carbocycles. The summed E-state index contributed by atoms with van der Waals surface area (Å²) in [6.07, 6.45) is 22.1. The van der Waals surface area contributed by atoms with Crippen molar-refractivity contribution in [3.63, 3.8) is 0 Å². The minimum absolute atomic E-state index is 0.0520. The van der Waals surface area contributed by atoms with Crippen LogP contribution in [-0.2, 0) is 0 Å². The Kier molecular flexibility index (Phi) is 9.80. The second-order valence-corrected chi connectivity index (χ2v) is 11.1. The minimum atomic E-state index is -0.960. The van der Waals surface area contributed by atoms with Crippen molar-refractivity contribution in [2.75, 3.05) is 13.3 Å². The quantitative estimate of drug-likeness (QED) is 0.248. The molecule has 1 aromatic rings. The Morgan fingerprint density at radius 1 is 0.857 bits per heavy atom. The Bertz CT molecular complexity index is 860. The Morgan fingerprint density at radius 2 is 1.51 bits per heavy atom. The number of alkyl halides is 1. The minimum Gasteiger partial charge on any atom is -0.490 e. The Hall–Kier alpha value is -1.71. The van der Waals surface area contributed by atoms with Gasteiger partial charge in [-0.15, -0.1) is 0 Å². The average molecular weight is 489 g/mol. The molecule has 3 aliphatic carbocycles. The van der Waals surface area contributed by atoms with E-state index in [4.69, 9.17) is 4.74 Å². The van der Waals surface area contributed by atoms with E-state index >= 15 is 0 Å². The Morgan fingerprint density at radius 3 is 2.11 bits per heavy atom. The van der Waals surface area contributed by atoms with Crippen LogP contribution in [0.15, 0.2) is 30.4 Å². The third kappa shape index (κ3) is 6.74. The van der Waals surface area contributed by atoms with Crippen LogP contribution in [0.25, 0.3) is 5.57 Å². The summed E-state index contributed by atoms with van der Waals surface area (Å²) in [6.45, 7) is 1.74. The summed E-state index contributed by atoms with van der Waals surface area (Å²) in [5.41, 5.74) is 1.27. The van der Waals surface area contributed by atoms with Gasteiger partial charge in [-0.3, -0.25) is 4.39 Å². The fourth-order valence-electron chi connectivity index (χ4n) is 6.88. The normalized spacial score (nSPS) is 29.8. The molecule has 1 atom stereocenters. The number of hydrogen-bond acceptors (Lipinski definition) is 1. The largest absolute Gasteiger partial charge is 0.490 e. The zero-order valence-corrected chi connectivity index (χ0v) is 21.4. The first kappa shape index (κ1) is 26.4. The summed E-state index contributed by atoms with van der Waals surface area (Å²) in [5.74, 6) is 2.19. The molecule has 0 aromatic heterocycles. The molecule has 2 fully saturated rings. The molecule has 0 N–H and O–H groups in total. The second kappa shape index (κ2) is 13.0. The predicted octanol–water partition coefficient (Wildman–Crippen LogP) is 9.47. The van der Waals surface area contributed by atoms with Gasteiger partial charge in [0, 0.05) is 12.0 Å². The van der Waals surface area contributed by atoms with Crippen LogP contribution >= 0.6 is 0 Å². The van der Waals surface area contributed by atoms with Crippen molar-refractivity contribution in [1.82, 2.24) is 0 Å². The van der Waals surface area contributed by atoms with Crippen molar-refractivity contribution in [2.24, 2.45) is 29.6 Å². The van der Waals surface area contributed by atoms with Crippen LogP contribution in [0.4, 0.5) is 13.2 Å². The van der Waals surface area contributed by atoms with Crippen molar-refractivity contribution < 1.29 is 17.9 Å². The molecule has 1 unspecified atom stereocenters. The van der Waals surface area contributed by atoms with Crippen LogP contribution < -0.4 is 4.74 Å². The fraction of sp³-hybridized carbons (Fsp3) is 0.677. The van der Waals surface area contributed by atoms with Crippen LogP contribution in [-0.4, -0.2) is 13.3 Å². The molecule has 0 amide bonds. The van der Waals surface area contributed by atoms with Gasteiger partial charge < -0.3 is 4.74 Å². The molecule has 1 nitrogen and oxygen atoms in total. The zero-order chi connectivity index (χ0) is 24.6. The molecular formula is C31H43F3O. The molecule has 4 heteroatoms. The van der Waals surface area contributed by atoms with Gasteiger partial charge in [-0.1, -0.05) is 25.2 Å². The number of benzene rings is 1. The van der Waals surface area contributed by atoms with Crippen LogP contribution in [0.5, 0.6) is 5.75 Å². The van der Waals surface area contributed by atoms with Gasteiger partial charge in [0.15, 0.2) is 11.6 Å². The van der Waals surface area contributed by atoms with E-state index in [0.29, 0.717) is 11.5 Å². The van der Waals surface area contributed by atoms with E-state index < -0.39 is 18.3 Å². The monoisotopic (exact) mass is 488 g/mol. The lowest BCUT2D eigenvalue weighted by Gasteiger charge is -2.40. The highest BCUT2D eigenvalue weighted by Crippen LogP contribution is 2.46. The van der Waals surface area contributed by atoms with Gasteiger partial charge in [0.1, 0.15) is 0 Å². The Balaban J connectivity index is 1.26. The van der Waals surface area contributed by atoms with Gasteiger partial charge in [0.2, 0.25) is 5.82 Å². The maximum absolute atomic E-state index is 14.7. The van der Waals surface area contributed by atoms with Crippen molar-refractivity contribution in [1.29, 1.82) is 0 Å².